The predicted octanol–water partition coefficient (Wildman–Crippen LogP) is 3.94. The van der Waals surface area contributed by atoms with E-state index in [2.05, 4.69) is 54.6 Å². The van der Waals surface area contributed by atoms with Gasteiger partial charge in [0, 0.05) is 43.5 Å². The van der Waals surface area contributed by atoms with Gasteiger partial charge in [-0.3, -0.25) is 9.69 Å². The number of benzene rings is 2. The Bertz CT molecular complexity index is 1400. The Balaban J connectivity index is 1.39. The zero-order chi connectivity index (χ0) is 25.2. The molecule has 9 heteroatoms. The fraction of sp³-hybridized carbons (Fsp3) is 0.429. The van der Waals surface area contributed by atoms with Gasteiger partial charge in [-0.05, 0) is 59.0 Å². The third kappa shape index (κ3) is 4.71. The van der Waals surface area contributed by atoms with Gasteiger partial charge in [-0.25, -0.2) is 4.68 Å². The van der Waals surface area contributed by atoms with E-state index in [1.54, 1.807) is 7.11 Å². The molecule has 2 aromatic heterocycles. The molecule has 0 amide bonds. The van der Waals surface area contributed by atoms with Crippen LogP contribution < -0.4 is 15.2 Å². The zero-order valence-electron chi connectivity index (χ0n) is 21.2. The molecular formula is C28H33N7O2. The molecule has 6 rings (SSSR count). The number of nitrogens with one attached hydrogen (secondary N) is 1. The number of anilines is 1. The van der Waals surface area contributed by atoms with Crippen molar-refractivity contribution in [2.75, 3.05) is 38.2 Å². The molecule has 0 radical (unpaired) electrons. The summed E-state index contributed by atoms with van der Waals surface area (Å²) < 4.78 is 7.36. The minimum atomic E-state index is -0.329. The first-order chi connectivity index (χ1) is 18.2. The second-order valence-electron chi connectivity index (χ2n) is 10.0. The Hall–Kier alpha value is -3.72. The number of pyridine rings is 1. The molecule has 1 atom stereocenters. The standard InChI is InChI=1S/C28H33N7O2/c1-37-23-13-12-20-18-24(28(36)29-25(20)19-23)26(27-30-31-32-35(27)22-10-6-3-7-11-22)34-16-14-33(15-17-34)21-8-4-2-5-9-21/h2,4-5,8-9,12-13,18-19,22,26H,3,6-7,10-11,14-17H2,1H3,(H,29,36)/t26-/m1/s1. The lowest BCUT2D eigenvalue weighted by molar-refractivity contribution is 0.192. The topological polar surface area (TPSA) is 92.2 Å². The number of ether oxygens (including phenoxy) is 1. The van der Waals surface area contributed by atoms with E-state index in [0.717, 1.165) is 55.7 Å². The molecule has 0 unspecified atom stereocenters. The van der Waals surface area contributed by atoms with Gasteiger partial charge in [0.1, 0.15) is 11.8 Å². The molecule has 2 aromatic carbocycles. The first-order valence-corrected chi connectivity index (χ1v) is 13.2. The minimum absolute atomic E-state index is 0.116. The molecule has 0 spiro atoms. The van der Waals surface area contributed by atoms with E-state index in [4.69, 9.17) is 4.74 Å². The highest BCUT2D eigenvalue weighted by atomic mass is 16.5. The van der Waals surface area contributed by atoms with Crippen LogP contribution in [-0.2, 0) is 0 Å². The van der Waals surface area contributed by atoms with Crippen LogP contribution >= 0.6 is 0 Å². The highest BCUT2D eigenvalue weighted by Crippen LogP contribution is 2.34. The normalized spacial score (nSPS) is 18.2. The molecule has 1 aliphatic carbocycles. The molecule has 192 valence electrons. The maximum atomic E-state index is 13.6. The molecule has 9 nitrogen and oxygen atoms in total. The van der Waals surface area contributed by atoms with Gasteiger partial charge in [-0.1, -0.05) is 37.5 Å². The molecule has 2 fully saturated rings. The Kier molecular flexibility index (Phi) is 6.61. The number of aromatic nitrogens is 5. The van der Waals surface area contributed by atoms with Gasteiger partial charge in [0.05, 0.1) is 18.7 Å². The first-order valence-electron chi connectivity index (χ1n) is 13.2. The van der Waals surface area contributed by atoms with E-state index in [1.165, 1.54) is 24.9 Å². The summed E-state index contributed by atoms with van der Waals surface area (Å²) in [6, 6.07) is 18.2. The van der Waals surface area contributed by atoms with Crippen molar-refractivity contribution < 1.29 is 4.74 Å². The summed E-state index contributed by atoms with van der Waals surface area (Å²) in [7, 11) is 1.63. The average Bonchev–Trinajstić information content (AvgIpc) is 3.44. The lowest BCUT2D eigenvalue weighted by Crippen LogP contribution is -2.49. The summed E-state index contributed by atoms with van der Waals surface area (Å²) >= 11 is 0. The van der Waals surface area contributed by atoms with Gasteiger partial charge in [0.15, 0.2) is 5.82 Å². The number of hydrogen-bond donors (Lipinski definition) is 1. The summed E-state index contributed by atoms with van der Waals surface area (Å²) in [5.41, 5.74) is 2.54. The molecule has 1 aliphatic heterocycles. The largest absolute Gasteiger partial charge is 0.497 e. The fourth-order valence-corrected chi connectivity index (χ4v) is 5.87. The van der Waals surface area contributed by atoms with Crippen molar-refractivity contribution in [1.29, 1.82) is 0 Å². The quantitative estimate of drug-likeness (QED) is 0.430. The van der Waals surface area contributed by atoms with Gasteiger partial charge < -0.3 is 14.6 Å². The maximum absolute atomic E-state index is 13.6. The van der Waals surface area contributed by atoms with Crippen LogP contribution in [0.5, 0.6) is 5.75 Å². The second-order valence-corrected chi connectivity index (χ2v) is 10.0. The van der Waals surface area contributed by atoms with Crippen LogP contribution in [0.3, 0.4) is 0 Å². The van der Waals surface area contributed by atoms with E-state index in [0.29, 0.717) is 11.3 Å². The van der Waals surface area contributed by atoms with E-state index >= 15 is 0 Å². The second kappa shape index (κ2) is 10.3. The molecule has 1 N–H and O–H groups in total. The number of fused-ring (bicyclic) bond motifs is 1. The van der Waals surface area contributed by atoms with Crippen molar-refractivity contribution in [3.8, 4) is 5.75 Å². The molecule has 2 aliphatic rings. The number of hydrogen-bond acceptors (Lipinski definition) is 7. The smallest absolute Gasteiger partial charge is 0.253 e. The SMILES string of the molecule is COc1ccc2cc([C@H](c3nnnn3C3CCCCC3)N3CCN(c4ccccc4)CC3)c(=O)[nH]c2c1. The number of H-pyrrole nitrogens is 1. The highest BCUT2D eigenvalue weighted by molar-refractivity contribution is 5.80. The molecule has 1 saturated carbocycles. The van der Waals surface area contributed by atoms with Crippen molar-refractivity contribution in [1.82, 2.24) is 30.1 Å². The summed E-state index contributed by atoms with van der Waals surface area (Å²) in [6.45, 7) is 3.34. The van der Waals surface area contributed by atoms with Crippen molar-refractivity contribution >= 4 is 16.6 Å². The number of methoxy groups -OCH3 is 1. The van der Waals surface area contributed by atoms with Gasteiger partial charge >= 0.3 is 0 Å². The van der Waals surface area contributed by atoms with Crippen molar-refractivity contribution in [2.24, 2.45) is 0 Å². The third-order valence-electron chi connectivity index (χ3n) is 7.86. The molecule has 1 saturated heterocycles. The Morgan fingerprint density at radius 3 is 2.51 bits per heavy atom. The van der Waals surface area contributed by atoms with Gasteiger partial charge in [0.2, 0.25) is 0 Å². The summed E-state index contributed by atoms with van der Waals surface area (Å²) in [5, 5.41) is 14.1. The van der Waals surface area contributed by atoms with Crippen LogP contribution in [0.1, 0.15) is 55.6 Å². The third-order valence-corrected chi connectivity index (χ3v) is 7.86. The predicted molar refractivity (Wildman–Crippen MR) is 143 cm³/mol. The summed E-state index contributed by atoms with van der Waals surface area (Å²) in [6.07, 6.45) is 5.76. The van der Waals surface area contributed by atoms with Crippen LogP contribution in [-0.4, -0.2) is 63.4 Å². The maximum Gasteiger partial charge on any atom is 0.253 e. The number of tetrazole rings is 1. The summed E-state index contributed by atoms with van der Waals surface area (Å²) in [5.74, 6) is 1.48. The Labute approximate surface area is 216 Å². The molecule has 4 aromatic rings. The average molecular weight is 500 g/mol. The molecular weight excluding hydrogens is 466 g/mol. The van der Waals surface area contributed by atoms with Crippen LogP contribution in [0.15, 0.2) is 59.4 Å². The molecule has 0 bridgehead atoms. The zero-order valence-corrected chi connectivity index (χ0v) is 21.2. The van der Waals surface area contributed by atoms with Crippen LogP contribution in [0.25, 0.3) is 10.9 Å². The fourth-order valence-electron chi connectivity index (χ4n) is 5.87. The van der Waals surface area contributed by atoms with E-state index in [1.807, 2.05) is 35.0 Å². The number of aromatic amines is 1. The van der Waals surface area contributed by atoms with Crippen molar-refractivity contribution in [3.05, 3.63) is 76.3 Å². The van der Waals surface area contributed by atoms with E-state index < -0.39 is 0 Å². The highest BCUT2D eigenvalue weighted by Gasteiger charge is 2.34. The van der Waals surface area contributed by atoms with Gasteiger partial charge in [-0.2, -0.15) is 0 Å². The monoisotopic (exact) mass is 499 g/mol. The van der Waals surface area contributed by atoms with Crippen LogP contribution in [0, 0.1) is 0 Å². The van der Waals surface area contributed by atoms with Crippen LogP contribution in [0.4, 0.5) is 5.69 Å². The number of piperazine rings is 1. The Morgan fingerprint density at radius 2 is 1.76 bits per heavy atom. The number of rotatable bonds is 6. The molecule has 37 heavy (non-hydrogen) atoms. The van der Waals surface area contributed by atoms with Crippen LogP contribution in [0.2, 0.25) is 0 Å². The Morgan fingerprint density at radius 1 is 0.973 bits per heavy atom. The number of nitrogens with zero attached hydrogens (tertiary/aromatic N) is 6. The van der Waals surface area contributed by atoms with E-state index in [-0.39, 0.29) is 17.6 Å². The lowest BCUT2D eigenvalue weighted by Gasteiger charge is -2.40. The lowest BCUT2D eigenvalue weighted by atomic mass is 9.95. The van der Waals surface area contributed by atoms with Gasteiger partial charge in [0.25, 0.3) is 5.56 Å². The van der Waals surface area contributed by atoms with Crippen molar-refractivity contribution in [3.63, 3.8) is 0 Å². The summed E-state index contributed by atoms with van der Waals surface area (Å²) in [4.78, 5) is 21.4. The number of para-hydroxylation sites is 1. The minimum Gasteiger partial charge on any atom is -0.497 e. The van der Waals surface area contributed by atoms with Gasteiger partial charge in [-0.15, -0.1) is 5.10 Å². The van der Waals surface area contributed by atoms with Crippen molar-refractivity contribution in [2.45, 2.75) is 44.2 Å². The first kappa shape index (κ1) is 23.7. The van der Waals surface area contributed by atoms with E-state index in [9.17, 15) is 4.79 Å². The molecule has 3 heterocycles.